The van der Waals surface area contributed by atoms with Gasteiger partial charge in [-0.3, -0.25) is 14.4 Å². The SMILES string of the molecule is CCOCCCN(C(=O)CCOC)[C@@H]1C=C(C(=O)NCCO)[C@@H]2c3cc(C=O)cc(OC)c3O[C@@H]2[C@H]1O. The molecule has 0 radical (unpaired) electrons. The van der Waals surface area contributed by atoms with Gasteiger partial charge < -0.3 is 39.4 Å². The van der Waals surface area contributed by atoms with Crippen LogP contribution in [-0.4, -0.2) is 105 Å². The average Bonchev–Trinajstić information content (AvgIpc) is 3.30. The topological polar surface area (TPSA) is 144 Å². The Morgan fingerprint density at radius 1 is 1.24 bits per heavy atom. The molecule has 0 fully saturated rings. The van der Waals surface area contributed by atoms with Crippen LogP contribution in [0.4, 0.5) is 0 Å². The molecule has 0 aromatic heterocycles. The van der Waals surface area contributed by atoms with E-state index in [2.05, 4.69) is 5.32 Å². The zero-order valence-corrected chi connectivity index (χ0v) is 21.5. The van der Waals surface area contributed by atoms with Crippen LogP contribution in [0.5, 0.6) is 11.5 Å². The predicted molar refractivity (Wildman–Crippen MR) is 133 cm³/mol. The van der Waals surface area contributed by atoms with Gasteiger partial charge in [0.25, 0.3) is 0 Å². The van der Waals surface area contributed by atoms with Crippen LogP contribution < -0.4 is 14.8 Å². The minimum atomic E-state index is -1.19. The molecule has 204 valence electrons. The van der Waals surface area contributed by atoms with Gasteiger partial charge in [-0.05, 0) is 31.6 Å². The highest BCUT2D eigenvalue weighted by Gasteiger charge is 2.51. The van der Waals surface area contributed by atoms with Crippen molar-refractivity contribution in [1.82, 2.24) is 10.2 Å². The van der Waals surface area contributed by atoms with Crippen LogP contribution in [0.2, 0.25) is 0 Å². The first-order valence-corrected chi connectivity index (χ1v) is 12.4. The molecule has 37 heavy (non-hydrogen) atoms. The van der Waals surface area contributed by atoms with E-state index in [0.29, 0.717) is 48.5 Å². The molecule has 11 nitrogen and oxygen atoms in total. The van der Waals surface area contributed by atoms with Gasteiger partial charge in [-0.15, -0.1) is 0 Å². The molecular formula is C26H36N2O9. The molecule has 1 aliphatic carbocycles. The number of benzene rings is 1. The summed E-state index contributed by atoms with van der Waals surface area (Å²) in [7, 11) is 2.94. The van der Waals surface area contributed by atoms with E-state index in [4.69, 9.17) is 18.9 Å². The zero-order valence-electron chi connectivity index (χ0n) is 21.5. The number of hydrogen-bond acceptors (Lipinski definition) is 9. The standard InChI is InChI=1S/C26H36N2O9/c1-4-36-10-5-8-28(21(31)6-11-34-2)19-14-18(26(33)27-7-9-29)22-17-12-16(15-30)13-20(35-3)24(17)37-25(22)23(19)32/h12-15,19,22-23,25,29,32H,4-11H2,1-3H3,(H,27,33)/t19-,22+,23+,25+/m1/s1. The van der Waals surface area contributed by atoms with E-state index in [9.17, 15) is 24.6 Å². The van der Waals surface area contributed by atoms with Crippen LogP contribution >= 0.6 is 0 Å². The second-order valence-electron chi connectivity index (χ2n) is 8.78. The van der Waals surface area contributed by atoms with Gasteiger partial charge in [0.1, 0.15) is 18.5 Å². The van der Waals surface area contributed by atoms with Gasteiger partial charge in [0, 0.05) is 50.1 Å². The van der Waals surface area contributed by atoms with Gasteiger partial charge in [-0.2, -0.15) is 0 Å². The number of ether oxygens (including phenoxy) is 4. The average molecular weight is 521 g/mol. The van der Waals surface area contributed by atoms with Crippen molar-refractivity contribution in [3.63, 3.8) is 0 Å². The molecule has 0 saturated heterocycles. The molecular weight excluding hydrogens is 484 g/mol. The van der Waals surface area contributed by atoms with Crippen molar-refractivity contribution in [3.05, 3.63) is 34.9 Å². The van der Waals surface area contributed by atoms with Gasteiger partial charge in [0.05, 0.1) is 38.7 Å². The normalized spacial score (nSPS) is 21.8. The van der Waals surface area contributed by atoms with Crippen LogP contribution in [0.1, 0.15) is 41.6 Å². The van der Waals surface area contributed by atoms with Crippen molar-refractivity contribution < 1.29 is 43.5 Å². The second-order valence-corrected chi connectivity index (χ2v) is 8.78. The van der Waals surface area contributed by atoms with Crippen molar-refractivity contribution in [3.8, 4) is 11.5 Å². The smallest absolute Gasteiger partial charge is 0.247 e. The summed E-state index contributed by atoms with van der Waals surface area (Å²) in [5.74, 6) is -0.794. The molecule has 11 heteroatoms. The lowest BCUT2D eigenvalue weighted by Crippen LogP contribution is -2.56. The number of carbonyl (C=O) groups excluding carboxylic acids is 3. The molecule has 1 aromatic carbocycles. The van der Waals surface area contributed by atoms with Crippen molar-refractivity contribution in [2.24, 2.45) is 0 Å². The molecule has 0 spiro atoms. The van der Waals surface area contributed by atoms with E-state index in [1.165, 1.54) is 25.2 Å². The number of methoxy groups -OCH3 is 2. The first-order chi connectivity index (χ1) is 17.9. The largest absolute Gasteiger partial charge is 0.493 e. The number of aliphatic hydroxyl groups excluding tert-OH is 2. The van der Waals surface area contributed by atoms with Crippen molar-refractivity contribution >= 4 is 18.1 Å². The Kier molecular flexibility index (Phi) is 10.4. The van der Waals surface area contributed by atoms with Gasteiger partial charge in [-0.1, -0.05) is 0 Å². The monoisotopic (exact) mass is 520 g/mol. The Hall–Kier alpha value is -2.99. The Labute approximate surface area is 216 Å². The maximum absolute atomic E-state index is 13.3. The molecule has 1 heterocycles. The lowest BCUT2D eigenvalue weighted by Gasteiger charge is -2.40. The predicted octanol–water partition coefficient (Wildman–Crippen LogP) is 0.422. The highest BCUT2D eigenvalue weighted by atomic mass is 16.5. The minimum Gasteiger partial charge on any atom is -0.493 e. The highest BCUT2D eigenvalue weighted by molar-refractivity contribution is 5.96. The molecule has 1 aromatic rings. The number of amides is 2. The lowest BCUT2D eigenvalue weighted by molar-refractivity contribution is -0.138. The summed E-state index contributed by atoms with van der Waals surface area (Å²) in [6.45, 7) is 3.11. The summed E-state index contributed by atoms with van der Waals surface area (Å²) in [4.78, 5) is 39.5. The number of nitrogens with one attached hydrogen (secondary N) is 1. The number of aliphatic hydroxyl groups is 2. The summed E-state index contributed by atoms with van der Waals surface area (Å²) in [6, 6.07) is 2.27. The minimum absolute atomic E-state index is 0.0248. The zero-order chi connectivity index (χ0) is 26.9. The first-order valence-electron chi connectivity index (χ1n) is 12.4. The number of hydrogen-bond donors (Lipinski definition) is 3. The lowest BCUT2D eigenvalue weighted by atomic mass is 9.77. The fraction of sp³-hybridized carbons (Fsp3) is 0.577. The molecule has 0 unspecified atom stereocenters. The molecule has 0 saturated carbocycles. The highest BCUT2D eigenvalue weighted by Crippen LogP contribution is 2.51. The van der Waals surface area contributed by atoms with Crippen molar-refractivity contribution in [1.29, 1.82) is 0 Å². The first kappa shape index (κ1) is 28.6. The number of aldehydes is 1. The number of fused-ring (bicyclic) bond motifs is 3. The molecule has 0 bridgehead atoms. The Morgan fingerprint density at radius 2 is 2.03 bits per heavy atom. The van der Waals surface area contributed by atoms with Crippen LogP contribution in [0.15, 0.2) is 23.8 Å². The van der Waals surface area contributed by atoms with Gasteiger partial charge in [0.15, 0.2) is 11.5 Å². The third-order valence-electron chi connectivity index (χ3n) is 6.50. The van der Waals surface area contributed by atoms with Crippen molar-refractivity contribution in [2.75, 3.05) is 53.7 Å². The number of rotatable bonds is 14. The van der Waals surface area contributed by atoms with Gasteiger partial charge in [0.2, 0.25) is 11.8 Å². The van der Waals surface area contributed by atoms with E-state index < -0.39 is 30.1 Å². The van der Waals surface area contributed by atoms with E-state index in [1.807, 2.05) is 6.92 Å². The van der Waals surface area contributed by atoms with E-state index in [1.54, 1.807) is 12.1 Å². The summed E-state index contributed by atoms with van der Waals surface area (Å²) in [5.41, 5.74) is 1.13. The molecule has 4 atom stereocenters. The fourth-order valence-corrected chi connectivity index (χ4v) is 4.81. The van der Waals surface area contributed by atoms with Crippen LogP contribution in [0.3, 0.4) is 0 Å². The van der Waals surface area contributed by atoms with E-state index >= 15 is 0 Å². The molecule has 2 amide bonds. The van der Waals surface area contributed by atoms with E-state index in [-0.39, 0.29) is 44.2 Å². The molecule has 1 aliphatic heterocycles. The van der Waals surface area contributed by atoms with Gasteiger partial charge in [-0.25, -0.2) is 0 Å². The van der Waals surface area contributed by atoms with E-state index in [0.717, 1.165) is 0 Å². The molecule has 3 N–H and O–H groups in total. The van der Waals surface area contributed by atoms with Gasteiger partial charge >= 0.3 is 0 Å². The summed E-state index contributed by atoms with van der Waals surface area (Å²) < 4.78 is 22.1. The van der Waals surface area contributed by atoms with Crippen molar-refractivity contribution in [2.45, 2.75) is 43.9 Å². The maximum Gasteiger partial charge on any atom is 0.247 e. The third-order valence-corrected chi connectivity index (χ3v) is 6.50. The summed E-state index contributed by atoms with van der Waals surface area (Å²) in [5, 5.41) is 23.4. The Balaban J connectivity index is 2.06. The summed E-state index contributed by atoms with van der Waals surface area (Å²) in [6.07, 6.45) is 0.779. The number of carbonyl (C=O) groups is 3. The molecule has 2 aliphatic rings. The van der Waals surface area contributed by atoms with Crippen LogP contribution in [-0.2, 0) is 19.1 Å². The quantitative estimate of drug-likeness (QED) is 0.235. The fourth-order valence-electron chi connectivity index (χ4n) is 4.81. The van der Waals surface area contributed by atoms with Crippen LogP contribution in [0.25, 0.3) is 0 Å². The number of nitrogens with zero attached hydrogens (tertiary/aromatic N) is 1. The maximum atomic E-state index is 13.3. The third kappa shape index (κ3) is 6.30. The van der Waals surface area contributed by atoms with Crippen LogP contribution in [0, 0.1) is 0 Å². The Morgan fingerprint density at radius 3 is 2.68 bits per heavy atom. The molecule has 3 rings (SSSR count). The second kappa shape index (κ2) is 13.5. The summed E-state index contributed by atoms with van der Waals surface area (Å²) >= 11 is 0. The Bertz CT molecular complexity index is 997.